The molecule has 0 bridgehead atoms. The third kappa shape index (κ3) is 6.12. The Labute approximate surface area is 197 Å². The van der Waals surface area contributed by atoms with E-state index < -0.39 is 24.2 Å². The molecule has 2 unspecified atom stereocenters. The molecule has 0 saturated carbocycles. The summed E-state index contributed by atoms with van der Waals surface area (Å²) in [5.74, 6) is 1.10. The second-order valence-corrected chi connectivity index (χ2v) is 22.0. The molecule has 0 radical (unpaired) electrons. The third-order valence-corrected chi connectivity index (χ3v) is 16.9. The van der Waals surface area contributed by atoms with Gasteiger partial charge in [0, 0.05) is 0 Å². The van der Waals surface area contributed by atoms with Crippen LogP contribution in [0.15, 0.2) is 48.5 Å². The Morgan fingerprint density at radius 3 is 2.24 bits per heavy atom. The van der Waals surface area contributed by atoms with Crippen LogP contribution in [0.2, 0.25) is 13.1 Å². The molecule has 0 amide bonds. The Morgan fingerprint density at radius 2 is 1.66 bits per heavy atom. The number of halogens is 2. The monoisotopic (exact) mass is 488 g/mol. The van der Waals surface area contributed by atoms with E-state index in [0.717, 1.165) is 12.2 Å². The van der Waals surface area contributed by atoms with Crippen molar-refractivity contribution in [2.75, 3.05) is 14.1 Å². The van der Waals surface area contributed by atoms with Crippen molar-refractivity contribution in [1.82, 2.24) is 4.90 Å². The van der Waals surface area contributed by atoms with Gasteiger partial charge < -0.3 is 0 Å². The van der Waals surface area contributed by atoms with Gasteiger partial charge in [-0.2, -0.15) is 0 Å². The summed E-state index contributed by atoms with van der Waals surface area (Å²) in [4.78, 5) is 2.43. The molecular formula is C23H36Cl2NOSiTi. The maximum absolute atomic E-state index is 6.93. The van der Waals surface area contributed by atoms with Gasteiger partial charge in [-0.3, -0.25) is 0 Å². The number of fused-ring (bicyclic) bond motifs is 1. The van der Waals surface area contributed by atoms with E-state index in [1.165, 1.54) is 11.1 Å². The van der Waals surface area contributed by atoms with Crippen LogP contribution in [0.5, 0.6) is 5.75 Å². The molecule has 1 aliphatic carbocycles. The van der Waals surface area contributed by atoms with Crippen molar-refractivity contribution in [1.29, 1.82) is 0 Å². The molecule has 161 valence electrons. The Hall–Kier alpha value is -0.289. The van der Waals surface area contributed by atoms with Crippen LogP contribution in [0.25, 0.3) is 0 Å². The molecule has 0 aromatic heterocycles. The van der Waals surface area contributed by atoms with E-state index in [4.69, 9.17) is 3.32 Å². The fourth-order valence-corrected chi connectivity index (χ4v) is 14.7. The van der Waals surface area contributed by atoms with E-state index in [1.54, 1.807) is 5.56 Å². The van der Waals surface area contributed by atoms with Crippen LogP contribution < -0.4 is 3.32 Å². The quantitative estimate of drug-likeness (QED) is 0.482. The van der Waals surface area contributed by atoms with Crippen molar-refractivity contribution in [2.24, 2.45) is 0 Å². The predicted molar refractivity (Wildman–Crippen MR) is 130 cm³/mol. The van der Waals surface area contributed by atoms with E-state index in [0.29, 0.717) is 10.3 Å². The van der Waals surface area contributed by atoms with Crippen molar-refractivity contribution in [3.63, 3.8) is 0 Å². The Balaban J connectivity index is 0.00000210. The fraction of sp³-hybridized carbons (Fsp3) is 0.478. The van der Waals surface area contributed by atoms with Crippen LogP contribution in [0, 0.1) is 0 Å². The van der Waals surface area contributed by atoms with Gasteiger partial charge in [-0.1, -0.05) is 0 Å². The molecule has 1 aliphatic rings. The number of benzene rings is 2. The van der Waals surface area contributed by atoms with E-state index in [2.05, 4.69) is 101 Å². The van der Waals surface area contributed by atoms with Crippen molar-refractivity contribution in [2.45, 2.75) is 56.0 Å². The van der Waals surface area contributed by atoms with Gasteiger partial charge in [0.15, 0.2) is 0 Å². The fourth-order valence-electron chi connectivity index (χ4n) is 4.10. The van der Waals surface area contributed by atoms with Gasteiger partial charge in [0.1, 0.15) is 0 Å². The zero-order valence-electron chi connectivity index (χ0n) is 18.7. The topological polar surface area (TPSA) is 12.5 Å². The molecule has 0 spiro atoms. The van der Waals surface area contributed by atoms with Crippen LogP contribution in [0.4, 0.5) is 0 Å². The summed E-state index contributed by atoms with van der Waals surface area (Å²) in [6.07, 6.45) is 1.16. The molecule has 2 aromatic carbocycles. The van der Waals surface area contributed by atoms with Gasteiger partial charge in [-0.15, -0.1) is 24.8 Å². The van der Waals surface area contributed by atoms with Gasteiger partial charge in [0.2, 0.25) is 0 Å². The Bertz CT molecular complexity index is 794. The van der Waals surface area contributed by atoms with Crippen LogP contribution in [0.3, 0.4) is 0 Å². The molecule has 6 heteroatoms. The first-order valence-electron chi connectivity index (χ1n) is 10.1. The molecule has 2 nitrogen and oxygen atoms in total. The minimum Gasteiger partial charge on any atom is -0.147 e. The van der Waals surface area contributed by atoms with Gasteiger partial charge in [0.25, 0.3) is 0 Å². The molecule has 2 atom stereocenters. The van der Waals surface area contributed by atoms with E-state index in [9.17, 15) is 0 Å². The first-order valence-corrected chi connectivity index (χ1v) is 17.2. The van der Waals surface area contributed by atoms with E-state index in [-0.39, 0.29) is 30.2 Å². The molecule has 0 fully saturated rings. The molecule has 0 N–H and O–H groups in total. The number of hydrogen-bond acceptors (Lipinski definition) is 2. The minimum absolute atomic E-state index is 0. The zero-order valence-corrected chi connectivity index (χ0v) is 23.1. The largest absolute Gasteiger partial charge is 0.147 e. The minimum atomic E-state index is -1.76. The maximum atomic E-state index is 6.93. The molecule has 0 aliphatic heterocycles. The van der Waals surface area contributed by atoms with Crippen molar-refractivity contribution < 1.29 is 20.8 Å². The average molecular weight is 489 g/mol. The summed E-state index contributed by atoms with van der Waals surface area (Å²) in [7, 11) is 4.48. The normalized spacial score (nSPS) is 18.1. The standard InChI is InChI=1S/C11H14N.C10H14O.C2H7Si.2ClH.Ti/c1-12(2)11-7-9-5-3-4-6-10(9)8-11;1-10(2,3)8-5-4-6-9(11)7-8;1-3-2;;;/h3-7,11H,8H2,1-2H3;4-7,11H,1-3H3;3H,1-2H3;2*1H;/q;;;;;+1/p-1. The van der Waals surface area contributed by atoms with Gasteiger partial charge in [-0.25, -0.2) is 0 Å². The van der Waals surface area contributed by atoms with Gasteiger partial charge in [-0.05, 0) is 0 Å². The zero-order chi connectivity index (χ0) is 19.8. The Kier molecular flexibility index (Phi) is 10.00. The number of rotatable bonds is 5. The molecule has 29 heavy (non-hydrogen) atoms. The summed E-state index contributed by atoms with van der Waals surface area (Å²) in [5, 5.41) is 0. The average Bonchev–Trinajstić information content (AvgIpc) is 2.98. The summed E-state index contributed by atoms with van der Waals surface area (Å²) >= 11 is -1.76. The van der Waals surface area contributed by atoms with Crippen molar-refractivity contribution >= 4 is 31.5 Å². The molecule has 2 aromatic rings. The molecule has 3 rings (SSSR count). The van der Waals surface area contributed by atoms with Crippen LogP contribution in [-0.4, -0.2) is 31.7 Å². The van der Waals surface area contributed by atoms with Crippen molar-refractivity contribution in [3.05, 3.63) is 65.2 Å². The maximum Gasteiger partial charge on any atom is -0.147 e. The number of likely N-dealkylation sites (N-methyl/N-ethyl adjacent to an activating group) is 1. The SMILES string of the molecule is CN(C)C1Cc2ccccc2[CH]1[Ti]([O]c1cccc(C(C)(C)C)c1)[SiH](C)C.Cl.Cl. The number of nitrogens with zero attached hydrogens (tertiary/aromatic N) is 1. The van der Waals surface area contributed by atoms with Gasteiger partial charge in [0.05, 0.1) is 0 Å². The van der Waals surface area contributed by atoms with Crippen molar-refractivity contribution in [3.8, 4) is 5.75 Å². The van der Waals surface area contributed by atoms with E-state index >= 15 is 0 Å². The number of hydrogen-bond donors (Lipinski definition) is 0. The van der Waals surface area contributed by atoms with Crippen LogP contribution in [0.1, 0.15) is 41.7 Å². The third-order valence-electron chi connectivity index (χ3n) is 5.68. The summed E-state index contributed by atoms with van der Waals surface area (Å²) in [6.45, 7) is 10.9. The van der Waals surface area contributed by atoms with E-state index in [1.807, 2.05) is 0 Å². The molecular weight excluding hydrogens is 453 g/mol. The smallest absolute Gasteiger partial charge is 0.147 e. The first-order chi connectivity index (χ1) is 12.7. The molecule has 0 heterocycles. The van der Waals surface area contributed by atoms with Crippen LogP contribution in [-0.2, 0) is 29.3 Å². The van der Waals surface area contributed by atoms with Gasteiger partial charge >= 0.3 is 173 Å². The summed E-state index contributed by atoms with van der Waals surface area (Å²) in [6, 6.07) is 18.5. The first kappa shape index (κ1) is 26.7. The Morgan fingerprint density at radius 1 is 1.00 bits per heavy atom. The summed E-state index contributed by atoms with van der Waals surface area (Å²) in [5.41, 5.74) is 4.62. The second-order valence-electron chi connectivity index (χ2n) is 9.35. The second kappa shape index (κ2) is 10.8. The summed E-state index contributed by atoms with van der Waals surface area (Å²) < 4.78 is 7.55. The predicted octanol–water partition coefficient (Wildman–Crippen LogP) is 5.95. The van der Waals surface area contributed by atoms with Crippen LogP contribution >= 0.6 is 24.8 Å². The molecule has 0 saturated heterocycles.